The van der Waals surface area contributed by atoms with Gasteiger partial charge in [0.2, 0.25) is 5.91 Å². The van der Waals surface area contributed by atoms with Gasteiger partial charge in [0.1, 0.15) is 12.6 Å². The molecule has 0 fully saturated rings. The Balaban J connectivity index is 1.63. The van der Waals surface area contributed by atoms with Crippen LogP contribution in [0.15, 0.2) is 72.8 Å². The van der Waals surface area contributed by atoms with Crippen LogP contribution >= 0.6 is 0 Å². The van der Waals surface area contributed by atoms with Crippen molar-refractivity contribution in [3.05, 3.63) is 83.9 Å². The molecule has 5 nitrogen and oxygen atoms in total. The van der Waals surface area contributed by atoms with Crippen molar-refractivity contribution in [1.82, 2.24) is 5.32 Å². The van der Waals surface area contributed by atoms with E-state index in [0.717, 1.165) is 21.9 Å². The van der Waals surface area contributed by atoms with Gasteiger partial charge < -0.3 is 14.8 Å². The Morgan fingerprint density at radius 2 is 1.64 bits per heavy atom. The quantitative estimate of drug-likeness (QED) is 0.612. The number of fused-ring (bicyclic) bond motifs is 1. The van der Waals surface area contributed by atoms with Crippen LogP contribution in [0.5, 0.6) is 0 Å². The lowest BCUT2D eigenvalue weighted by molar-refractivity contribution is -0.145. The summed E-state index contributed by atoms with van der Waals surface area (Å²) in [6.07, 6.45) is 0.346. The van der Waals surface area contributed by atoms with Crippen LogP contribution in [0.25, 0.3) is 10.8 Å². The maximum Gasteiger partial charge on any atom is 0.328 e. The lowest BCUT2D eigenvalue weighted by atomic mass is 9.99. The minimum Gasteiger partial charge on any atom is -0.467 e. The molecule has 1 N–H and O–H groups in total. The van der Waals surface area contributed by atoms with Gasteiger partial charge in [-0.2, -0.15) is 0 Å². The third-order valence-corrected chi connectivity index (χ3v) is 4.47. The first-order valence-corrected chi connectivity index (χ1v) is 9.13. The van der Waals surface area contributed by atoms with Gasteiger partial charge in [-0.1, -0.05) is 72.8 Å². The lowest BCUT2D eigenvalue weighted by Crippen LogP contribution is -2.44. The van der Waals surface area contributed by atoms with E-state index in [4.69, 9.17) is 9.47 Å². The fraction of sp³-hybridized carbons (Fsp3) is 0.217. The maximum absolute atomic E-state index is 12.3. The second-order valence-electron chi connectivity index (χ2n) is 6.46. The van der Waals surface area contributed by atoms with Gasteiger partial charge in [-0.15, -0.1) is 0 Å². The van der Waals surface area contributed by atoms with E-state index in [-0.39, 0.29) is 12.5 Å². The summed E-state index contributed by atoms with van der Waals surface area (Å²) in [5.41, 5.74) is 1.95. The van der Waals surface area contributed by atoms with Gasteiger partial charge in [0, 0.05) is 6.42 Å². The van der Waals surface area contributed by atoms with Crippen molar-refractivity contribution >= 4 is 22.6 Å². The Labute approximate surface area is 164 Å². The number of nitrogens with one attached hydrogen (secondary N) is 1. The molecule has 3 rings (SSSR count). The molecule has 5 heteroatoms. The zero-order valence-corrected chi connectivity index (χ0v) is 15.8. The average molecular weight is 377 g/mol. The minimum atomic E-state index is -0.774. The topological polar surface area (TPSA) is 64.6 Å². The van der Waals surface area contributed by atoms with E-state index in [1.807, 2.05) is 72.8 Å². The molecule has 1 amide bonds. The van der Waals surface area contributed by atoms with Crippen LogP contribution in [0.1, 0.15) is 11.1 Å². The summed E-state index contributed by atoms with van der Waals surface area (Å²) in [5.74, 6) is -0.837. The number of rotatable bonds is 8. The number of ether oxygens (including phenoxy) is 2. The molecule has 3 aromatic carbocycles. The summed E-state index contributed by atoms with van der Waals surface area (Å²) in [6.45, 7) is 0.207. The summed E-state index contributed by atoms with van der Waals surface area (Å²) in [7, 11) is 1.32. The molecule has 0 bridgehead atoms. The molecule has 144 valence electrons. The van der Waals surface area contributed by atoms with E-state index in [1.54, 1.807) is 0 Å². The van der Waals surface area contributed by atoms with Crippen LogP contribution in [0.4, 0.5) is 0 Å². The summed E-state index contributed by atoms with van der Waals surface area (Å²) < 4.78 is 10.3. The molecule has 0 heterocycles. The first-order chi connectivity index (χ1) is 13.7. The second-order valence-corrected chi connectivity index (χ2v) is 6.46. The molecular formula is C23H23NO4. The Morgan fingerprint density at radius 1 is 0.929 bits per heavy atom. The first-order valence-electron chi connectivity index (χ1n) is 9.13. The van der Waals surface area contributed by atoms with Gasteiger partial charge in [0.25, 0.3) is 0 Å². The van der Waals surface area contributed by atoms with Crippen LogP contribution in [0.2, 0.25) is 0 Å². The number of methoxy groups -OCH3 is 1. The third kappa shape index (κ3) is 5.18. The number of hydrogen-bond acceptors (Lipinski definition) is 4. The molecule has 1 atom stereocenters. The fourth-order valence-electron chi connectivity index (χ4n) is 3.10. The molecule has 0 aliphatic carbocycles. The second kappa shape index (κ2) is 9.67. The lowest BCUT2D eigenvalue weighted by Gasteiger charge is -2.18. The number of hydrogen-bond donors (Lipinski definition) is 1. The van der Waals surface area contributed by atoms with Crippen LogP contribution in [0.3, 0.4) is 0 Å². The van der Waals surface area contributed by atoms with Gasteiger partial charge >= 0.3 is 5.97 Å². The molecule has 28 heavy (non-hydrogen) atoms. The predicted molar refractivity (Wildman–Crippen MR) is 108 cm³/mol. The van der Waals surface area contributed by atoms with E-state index in [0.29, 0.717) is 13.0 Å². The van der Waals surface area contributed by atoms with Gasteiger partial charge in [0.05, 0.1) is 13.7 Å². The third-order valence-electron chi connectivity index (χ3n) is 4.47. The summed E-state index contributed by atoms with van der Waals surface area (Å²) in [4.78, 5) is 24.5. The Bertz CT molecular complexity index is 934. The van der Waals surface area contributed by atoms with E-state index in [1.165, 1.54) is 7.11 Å². The highest BCUT2D eigenvalue weighted by atomic mass is 16.5. The van der Waals surface area contributed by atoms with Crippen LogP contribution in [-0.4, -0.2) is 31.6 Å². The Kier molecular flexibility index (Phi) is 6.76. The highest BCUT2D eigenvalue weighted by molar-refractivity contribution is 5.88. The number of esters is 1. The monoisotopic (exact) mass is 377 g/mol. The molecule has 0 aliphatic rings. The number of carbonyl (C=O) groups is 2. The van der Waals surface area contributed by atoms with Gasteiger partial charge in [-0.25, -0.2) is 4.79 Å². The SMILES string of the molecule is COC(=O)[C@H](Cc1cccc2ccccc12)NC(=O)COCc1ccccc1. The van der Waals surface area contributed by atoms with E-state index >= 15 is 0 Å². The van der Waals surface area contributed by atoms with Crippen LogP contribution < -0.4 is 5.32 Å². The van der Waals surface area contributed by atoms with Crippen molar-refractivity contribution < 1.29 is 19.1 Å². The molecule has 0 saturated heterocycles. The summed E-state index contributed by atoms with van der Waals surface area (Å²) in [6, 6.07) is 22.7. The van der Waals surface area contributed by atoms with E-state index in [2.05, 4.69) is 5.32 Å². The normalized spacial score (nSPS) is 11.8. The zero-order valence-electron chi connectivity index (χ0n) is 15.8. The van der Waals surface area contributed by atoms with Crippen molar-refractivity contribution in [2.24, 2.45) is 0 Å². The highest BCUT2D eigenvalue weighted by Gasteiger charge is 2.22. The largest absolute Gasteiger partial charge is 0.467 e. The smallest absolute Gasteiger partial charge is 0.328 e. The Morgan fingerprint density at radius 3 is 2.43 bits per heavy atom. The van der Waals surface area contributed by atoms with Crippen LogP contribution in [0, 0.1) is 0 Å². The molecule has 0 spiro atoms. The predicted octanol–water partition coefficient (Wildman–Crippen LogP) is 3.26. The van der Waals surface area contributed by atoms with Crippen molar-refractivity contribution in [2.75, 3.05) is 13.7 Å². The van der Waals surface area contributed by atoms with E-state index < -0.39 is 12.0 Å². The highest BCUT2D eigenvalue weighted by Crippen LogP contribution is 2.20. The van der Waals surface area contributed by atoms with Gasteiger partial charge in [-0.05, 0) is 21.9 Å². The number of benzene rings is 3. The molecular weight excluding hydrogens is 354 g/mol. The maximum atomic E-state index is 12.3. The molecule has 0 saturated carbocycles. The minimum absolute atomic E-state index is 0.127. The van der Waals surface area contributed by atoms with Gasteiger partial charge in [0.15, 0.2) is 0 Å². The molecule has 0 radical (unpaired) electrons. The zero-order chi connectivity index (χ0) is 19.8. The van der Waals surface area contributed by atoms with Crippen molar-refractivity contribution in [2.45, 2.75) is 19.1 Å². The number of carbonyl (C=O) groups excluding carboxylic acids is 2. The van der Waals surface area contributed by atoms with Crippen molar-refractivity contribution in [3.63, 3.8) is 0 Å². The molecule has 0 unspecified atom stereocenters. The first kappa shape index (κ1) is 19.6. The number of amides is 1. The van der Waals surface area contributed by atoms with Gasteiger partial charge in [-0.3, -0.25) is 4.79 Å². The molecule has 0 aromatic heterocycles. The summed E-state index contributed by atoms with van der Waals surface area (Å²) >= 11 is 0. The van der Waals surface area contributed by atoms with Crippen LogP contribution in [-0.2, 0) is 32.1 Å². The average Bonchev–Trinajstić information content (AvgIpc) is 2.73. The summed E-state index contributed by atoms with van der Waals surface area (Å²) in [5, 5.41) is 4.86. The van der Waals surface area contributed by atoms with E-state index in [9.17, 15) is 9.59 Å². The Hall–Kier alpha value is -3.18. The standard InChI is InChI=1S/C23H23NO4/c1-27-23(26)21(14-19-12-7-11-18-10-5-6-13-20(18)19)24-22(25)16-28-15-17-8-3-2-4-9-17/h2-13,21H,14-16H2,1H3,(H,24,25)/t21-/m0/s1. The molecule has 3 aromatic rings. The van der Waals surface area contributed by atoms with Crippen molar-refractivity contribution in [1.29, 1.82) is 0 Å². The fourth-order valence-corrected chi connectivity index (χ4v) is 3.10. The van der Waals surface area contributed by atoms with Crippen molar-refractivity contribution in [3.8, 4) is 0 Å². The molecule has 0 aliphatic heterocycles.